The van der Waals surface area contributed by atoms with Gasteiger partial charge in [0.25, 0.3) is 0 Å². The molecule has 0 aliphatic heterocycles. The molecule has 1 atom stereocenters. The lowest BCUT2D eigenvalue weighted by Gasteiger charge is -2.24. The van der Waals surface area contributed by atoms with Gasteiger partial charge in [0.1, 0.15) is 6.79 Å². The van der Waals surface area contributed by atoms with Crippen molar-refractivity contribution in [2.45, 2.75) is 18.9 Å². The molecule has 0 aromatic heterocycles. The summed E-state index contributed by atoms with van der Waals surface area (Å²) in [6.45, 7) is 0.432. The minimum Gasteiger partial charge on any atom is -0.359 e. The fourth-order valence-corrected chi connectivity index (χ4v) is 0.610. The molecule has 0 N–H and O–H groups in total. The van der Waals surface area contributed by atoms with E-state index in [0.29, 0.717) is 12.9 Å². The van der Waals surface area contributed by atoms with Crippen LogP contribution in [0.25, 0.3) is 0 Å². The summed E-state index contributed by atoms with van der Waals surface area (Å²) in [5.41, 5.74) is 0. The van der Waals surface area contributed by atoms with Gasteiger partial charge < -0.3 is 9.47 Å². The first-order chi connectivity index (χ1) is 3.93. The lowest BCUT2D eigenvalue weighted by Crippen LogP contribution is -2.23. The molecular weight excluding hydrogens is 104 g/mol. The van der Waals surface area contributed by atoms with E-state index in [1.807, 2.05) is 0 Å². The maximum atomic E-state index is 5.15. The molecule has 47 valence electrons. The molecule has 1 saturated carbocycles. The van der Waals surface area contributed by atoms with E-state index in [0.717, 1.165) is 0 Å². The summed E-state index contributed by atoms with van der Waals surface area (Å²) in [7, 11) is 1.64. The van der Waals surface area contributed by atoms with Crippen molar-refractivity contribution in [2.75, 3.05) is 13.9 Å². The molecule has 1 rings (SSSR count). The Morgan fingerprint density at radius 3 is 2.88 bits per heavy atom. The molecule has 1 unspecified atom stereocenters. The van der Waals surface area contributed by atoms with Crippen molar-refractivity contribution in [1.82, 2.24) is 0 Å². The average Bonchev–Trinajstić information content (AvgIpc) is 1.63. The maximum Gasteiger partial charge on any atom is 0.146 e. The van der Waals surface area contributed by atoms with Crippen LogP contribution in [0.1, 0.15) is 12.8 Å². The van der Waals surface area contributed by atoms with Gasteiger partial charge in [-0.1, -0.05) is 0 Å². The van der Waals surface area contributed by atoms with Gasteiger partial charge in [0.05, 0.1) is 6.10 Å². The summed E-state index contributed by atoms with van der Waals surface area (Å²) in [6, 6.07) is 0. The summed E-state index contributed by atoms with van der Waals surface area (Å²) in [5, 5.41) is 0. The van der Waals surface area contributed by atoms with E-state index >= 15 is 0 Å². The van der Waals surface area contributed by atoms with Gasteiger partial charge in [0, 0.05) is 7.11 Å². The Morgan fingerprint density at radius 1 is 1.75 bits per heavy atom. The van der Waals surface area contributed by atoms with Crippen LogP contribution in [-0.4, -0.2) is 20.0 Å². The summed E-state index contributed by atoms with van der Waals surface area (Å²) in [4.78, 5) is 0. The predicted octanol–water partition coefficient (Wildman–Crippen LogP) is 0.974. The Morgan fingerprint density at radius 2 is 2.50 bits per heavy atom. The second-order valence-corrected chi connectivity index (χ2v) is 1.92. The molecule has 0 bridgehead atoms. The van der Waals surface area contributed by atoms with E-state index in [2.05, 4.69) is 6.42 Å². The predicted molar refractivity (Wildman–Crippen MR) is 30.3 cm³/mol. The van der Waals surface area contributed by atoms with Crippen molar-refractivity contribution in [1.29, 1.82) is 0 Å². The van der Waals surface area contributed by atoms with Crippen LogP contribution in [-0.2, 0) is 9.47 Å². The van der Waals surface area contributed by atoms with Gasteiger partial charge in [0.15, 0.2) is 0 Å². The Kier molecular flexibility index (Phi) is 2.30. The zero-order valence-electron chi connectivity index (χ0n) is 5.09. The maximum absolute atomic E-state index is 5.15. The minimum atomic E-state index is 0.384. The smallest absolute Gasteiger partial charge is 0.146 e. The third-order valence-electron chi connectivity index (χ3n) is 1.28. The van der Waals surface area contributed by atoms with Crippen molar-refractivity contribution >= 4 is 0 Å². The number of rotatable bonds is 3. The molecule has 1 aliphatic rings. The first-order valence-corrected chi connectivity index (χ1v) is 2.87. The quantitative estimate of drug-likeness (QED) is 0.510. The van der Waals surface area contributed by atoms with Gasteiger partial charge in [-0.3, -0.25) is 0 Å². The van der Waals surface area contributed by atoms with Crippen LogP contribution < -0.4 is 0 Å². The summed E-state index contributed by atoms with van der Waals surface area (Å²) >= 11 is 0. The third kappa shape index (κ3) is 1.46. The molecule has 0 saturated heterocycles. The van der Waals surface area contributed by atoms with Gasteiger partial charge in [-0.15, -0.1) is 0 Å². The van der Waals surface area contributed by atoms with Crippen LogP contribution >= 0.6 is 0 Å². The molecule has 0 amide bonds. The SMILES string of the molecule is COCOC1[CH]CC1. The molecule has 0 spiro atoms. The highest BCUT2D eigenvalue weighted by Gasteiger charge is 2.17. The Labute approximate surface area is 49.8 Å². The van der Waals surface area contributed by atoms with Gasteiger partial charge in [-0.2, -0.15) is 0 Å². The zero-order chi connectivity index (χ0) is 5.82. The number of ether oxygens (including phenoxy) is 2. The Balaban J connectivity index is 1.86. The van der Waals surface area contributed by atoms with Crippen molar-refractivity contribution in [2.24, 2.45) is 0 Å². The van der Waals surface area contributed by atoms with Gasteiger partial charge in [-0.05, 0) is 19.3 Å². The lowest BCUT2D eigenvalue weighted by atomic mass is 9.96. The third-order valence-corrected chi connectivity index (χ3v) is 1.28. The number of hydrogen-bond donors (Lipinski definition) is 0. The Bertz CT molecular complexity index is 59.5. The molecule has 0 aromatic carbocycles. The monoisotopic (exact) mass is 115 g/mol. The normalized spacial score (nSPS) is 20.6. The van der Waals surface area contributed by atoms with Crippen LogP contribution in [0.4, 0.5) is 0 Å². The molecule has 2 nitrogen and oxygen atoms in total. The Hall–Kier alpha value is -0.0800. The number of hydrogen-bond acceptors (Lipinski definition) is 2. The second-order valence-electron chi connectivity index (χ2n) is 1.92. The highest BCUT2D eigenvalue weighted by molar-refractivity contribution is 4.88. The van der Waals surface area contributed by atoms with Crippen LogP contribution in [0.5, 0.6) is 0 Å². The average molecular weight is 115 g/mol. The molecule has 1 aliphatic carbocycles. The van der Waals surface area contributed by atoms with Crippen molar-refractivity contribution < 1.29 is 9.47 Å². The van der Waals surface area contributed by atoms with E-state index in [-0.39, 0.29) is 0 Å². The number of methoxy groups -OCH3 is 1. The molecule has 0 heterocycles. The van der Waals surface area contributed by atoms with Gasteiger partial charge in [0.2, 0.25) is 0 Å². The van der Waals surface area contributed by atoms with Gasteiger partial charge >= 0.3 is 0 Å². The van der Waals surface area contributed by atoms with Crippen LogP contribution in [0.3, 0.4) is 0 Å². The molecule has 0 aromatic rings. The summed E-state index contributed by atoms with van der Waals surface area (Å²) in [5.74, 6) is 0. The van der Waals surface area contributed by atoms with E-state index in [4.69, 9.17) is 9.47 Å². The highest BCUT2D eigenvalue weighted by Crippen LogP contribution is 2.19. The van der Waals surface area contributed by atoms with Crippen LogP contribution in [0, 0.1) is 6.42 Å². The standard InChI is InChI=1S/C6H11O2/c1-7-5-8-6-3-2-4-6/h3,6H,2,4-5H2,1H3. The van der Waals surface area contributed by atoms with Gasteiger partial charge in [-0.25, -0.2) is 0 Å². The van der Waals surface area contributed by atoms with Crippen molar-refractivity contribution in [3.05, 3.63) is 6.42 Å². The van der Waals surface area contributed by atoms with Crippen LogP contribution in [0.15, 0.2) is 0 Å². The van der Waals surface area contributed by atoms with Crippen molar-refractivity contribution in [3.63, 3.8) is 0 Å². The molecule has 8 heavy (non-hydrogen) atoms. The lowest BCUT2D eigenvalue weighted by molar-refractivity contribution is -0.0764. The molecule has 1 radical (unpaired) electrons. The van der Waals surface area contributed by atoms with E-state index in [1.54, 1.807) is 7.11 Å². The minimum absolute atomic E-state index is 0.384. The first-order valence-electron chi connectivity index (χ1n) is 2.87. The summed E-state index contributed by atoms with van der Waals surface area (Å²) < 4.78 is 9.86. The first kappa shape index (κ1) is 6.05. The summed E-state index contributed by atoms with van der Waals surface area (Å²) in [6.07, 6.45) is 4.91. The topological polar surface area (TPSA) is 18.5 Å². The fraction of sp³-hybridized carbons (Fsp3) is 0.833. The van der Waals surface area contributed by atoms with E-state index in [9.17, 15) is 0 Å². The fourth-order valence-electron chi connectivity index (χ4n) is 0.610. The van der Waals surface area contributed by atoms with E-state index in [1.165, 1.54) is 12.8 Å². The molecular formula is C6H11O2. The van der Waals surface area contributed by atoms with E-state index < -0.39 is 0 Å². The van der Waals surface area contributed by atoms with Crippen LogP contribution in [0.2, 0.25) is 0 Å². The molecule has 1 fully saturated rings. The second kappa shape index (κ2) is 3.05. The highest BCUT2D eigenvalue weighted by atomic mass is 16.7. The molecule has 2 heteroatoms. The zero-order valence-corrected chi connectivity index (χ0v) is 5.09. The van der Waals surface area contributed by atoms with Crippen molar-refractivity contribution in [3.8, 4) is 0 Å². The largest absolute Gasteiger partial charge is 0.359 e.